The van der Waals surface area contributed by atoms with Gasteiger partial charge in [-0.15, -0.1) is 0 Å². The first-order valence-electron chi connectivity index (χ1n) is 8.58. The molecule has 2 atom stereocenters. The molecule has 7 heteroatoms. The largest absolute Gasteiger partial charge is 0.371 e. The third-order valence-electron chi connectivity index (χ3n) is 4.89. The Hall–Kier alpha value is -1.99. The quantitative estimate of drug-likeness (QED) is 0.916. The molecule has 0 amide bonds. The molecule has 1 spiro atoms. The zero-order chi connectivity index (χ0) is 16.4. The average molecular weight is 328 g/mol. The Morgan fingerprint density at radius 3 is 3.04 bits per heavy atom. The second-order valence-corrected chi connectivity index (χ2v) is 6.95. The van der Waals surface area contributed by atoms with E-state index in [9.17, 15) is 0 Å². The van der Waals surface area contributed by atoms with Crippen molar-refractivity contribution in [3.8, 4) is 0 Å². The SMILES string of the molecule is Cn1cc(CN2CCC[C@]3(C[C@@H](Nc4ncccn4)CO3)C2)cn1. The fourth-order valence-electron chi connectivity index (χ4n) is 3.91. The van der Waals surface area contributed by atoms with Gasteiger partial charge in [0.25, 0.3) is 0 Å². The lowest BCUT2D eigenvalue weighted by atomic mass is 9.88. The van der Waals surface area contributed by atoms with Crippen LogP contribution in [-0.4, -0.2) is 56.0 Å². The molecule has 1 N–H and O–H groups in total. The first-order valence-corrected chi connectivity index (χ1v) is 8.58. The van der Waals surface area contributed by atoms with E-state index in [0.717, 1.165) is 39.1 Å². The van der Waals surface area contributed by atoms with Crippen LogP contribution in [0, 0.1) is 0 Å². The van der Waals surface area contributed by atoms with Crippen LogP contribution in [0.3, 0.4) is 0 Å². The van der Waals surface area contributed by atoms with Gasteiger partial charge in [0.2, 0.25) is 5.95 Å². The van der Waals surface area contributed by atoms with Gasteiger partial charge in [-0.2, -0.15) is 5.10 Å². The number of anilines is 1. The molecule has 0 aliphatic carbocycles. The lowest BCUT2D eigenvalue weighted by Gasteiger charge is -2.39. The third-order valence-corrected chi connectivity index (χ3v) is 4.89. The zero-order valence-corrected chi connectivity index (χ0v) is 14.1. The summed E-state index contributed by atoms with van der Waals surface area (Å²) in [4.78, 5) is 11.0. The molecular weight excluding hydrogens is 304 g/mol. The van der Waals surface area contributed by atoms with Crippen molar-refractivity contribution in [1.82, 2.24) is 24.6 Å². The molecule has 2 saturated heterocycles. The number of rotatable bonds is 4. The van der Waals surface area contributed by atoms with Crippen LogP contribution in [0.2, 0.25) is 0 Å². The van der Waals surface area contributed by atoms with Crippen molar-refractivity contribution in [2.75, 3.05) is 25.0 Å². The maximum Gasteiger partial charge on any atom is 0.222 e. The summed E-state index contributed by atoms with van der Waals surface area (Å²) in [6.45, 7) is 3.77. The van der Waals surface area contributed by atoms with E-state index in [1.54, 1.807) is 12.4 Å². The van der Waals surface area contributed by atoms with E-state index >= 15 is 0 Å². The fourth-order valence-corrected chi connectivity index (χ4v) is 3.91. The lowest BCUT2D eigenvalue weighted by molar-refractivity contribution is -0.0533. The maximum absolute atomic E-state index is 6.26. The molecule has 24 heavy (non-hydrogen) atoms. The number of ether oxygens (including phenoxy) is 1. The summed E-state index contributed by atoms with van der Waals surface area (Å²) in [7, 11) is 1.96. The first kappa shape index (κ1) is 15.5. The first-order chi connectivity index (χ1) is 11.7. The van der Waals surface area contributed by atoms with Crippen LogP contribution in [0.25, 0.3) is 0 Å². The highest BCUT2D eigenvalue weighted by Gasteiger charge is 2.43. The molecule has 0 aromatic carbocycles. The van der Waals surface area contributed by atoms with Crippen LogP contribution < -0.4 is 5.32 Å². The second kappa shape index (κ2) is 6.49. The van der Waals surface area contributed by atoms with Gasteiger partial charge in [-0.3, -0.25) is 9.58 Å². The minimum atomic E-state index is -0.0348. The molecule has 2 fully saturated rings. The van der Waals surface area contributed by atoms with Gasteiger partial charge in [-0.05, 0) is 25.5 Å². The van der Waals surface area contributed by atoms with Crippen LogP contribution in [0.5, 0.6) is 0 Å². The van der Waals surface area contributed by atoms with Crippen molar-refractivity contribution in [3.63, 3.8) is 0 Å². The van der Waals surface area contributed by atoms with Crippen LogP contribution in [0.4, 0.5) is 5.95 Å². The van der Waals surface area contributed by atoms with Gasteiger partial charge in [0.05, 0.1) is 24.4 Å². The number of piperidine rings is 1. The zero-order valence-electron chi connectivity index (χ0n) is 14.1. The normalized spacial score (nSPS) is 27.6. The van der Waals surface area contributed by atoms with E-state index in [1.165, 1.54) is 12.0 Å². The fraction of sp³-hybridized carbons (Fsp3) is 0.588. The van der Waals surface area contributed by atoms with E-state index in [0.29, 0.717) is 5.95 Å². The summed E-state index contributed by atoms with van der Waals surface area (Å²) in [6.07, 6.45) is 10.9. The third kappa shape index (κ3) is 3.42. The predicted molar refractivity (Wildman–Crippen MR) is 90.5 cm³/mol. The van der Waals surface area contributed by atoms with Gasteiger partial charge in [0.15, 0.2) is 0 Å². The molecule has 2 aliphatic rings. The van der Waals surface area contributed by atoms with Crippen molar-refractivity contribution in [3.05, 3.63) is 36.4 Å². The summed E-state index contributed by atoms with van der Waals surface area (Å²) < 4.78 is 8.12. The van der Waals surface area contributed by atoms with Crippen LogP contribution in [-0.2, 0) is 18.3 Å². The lowest BCUT2D eigenvalue weighted by Crippen LogP contribution is -2.47. The van der Waals surface area contributed by atoms with E-state index in [-0.39, 0.29) is 11.6 Å². The standard InChI is InChI=1S/C17H24N6O/c1-22-10-14(9-20-22)11-23-7-2-4-17(13-23)8-15(12-24-17)21-16-18-5-3-6-19-16/h3,5-6,9-10,15H,2,4,7-8,11-13H2,1H3,(H,18,19,21)/t15-,17+/m1/s1. The highest BCUT2D eigenvalue weighted by molar-refractivity contribution is 5.25. The number of nitrogens with one attached hydrogen (secondary N) is 1. The van der Waals surface area contributed by atoms with Crippen molar-refractivity contribution in [2.45, 2.75) is 37.5 Å². The van der Waals surface area contributed by atoms with E-state index in [2.05, 4.69) is 31.5 Å². The minimum Gasteiger partial charge on any atom is -0.371 e. The summed E-state index contributed by atoms with van der Waals surface area (Å²) in [5, 5.41) is 7.67. The minimum absolute atomic E-state index is 0.0348. The van der Waals surface area contributed by atoms with Crippen LogP contribution in [0.15, 0.2) is 30.9 Å². The van der Waals surface area contributed by atoms with Gasteiger partial charge in [0, 0.05) is 50.7 Å². The smallest absolute Gasteiger partial charge is 0.222 e. The molecule has 0 bridgehead atoms. The van der Waals surface area contributed by atoms with E-state index in [1.807, 2.05) is 24.0 Å². The molecule has 0 saturated carbocycles. The van der Waals surface area contributed by atoms with Gasteiger partial charge < -0.3 is 10.1 Å². The van der Waals surface area contributed by atoms with Crippen molar-refractivity contribution >= 4 is 5.95 Å². The number of nitrogens with zero attached hydrogens (tertiary/aromatic N) is 5. The Morgan fingerprint density at radius 2 is 2.25 bits per heavy atom. The van der Waals surface area contributed by atoms with E-state index < -0.39 is 0 Å². The second-order valence-electron chi connectivity index (χ2n) is 6.95. The van der Waals surface area contributed by atoms with Crippen molar-refractivity contribution in [2.24, 2.45) is 7.05 Å². The summed E-state index contributed by atoms with van der Waals surface area (Å²) in [5.74, 6) is 0.686. The van der Waals surface area contributed by atoms with Gasteiger partial charge in [-0.1, -0.05) is 0 Å². The predicted octanol–water partition coefficient (Wildman–Crippen LogP) is 1.45. The Balaban J connectivity index is 1.36. The van der Waals surface area contributed by atoms with Crippen LogP contribution >= 0.6 is 0 Å². The molecule has 0 radical (unpaired) electrons. The van der Waals surface area contributed by atoms with E-state index in [4.69, 9.17) is 4.74 Å². The number of aryl methyl sites for hydroxylation is 1. The molecule has 0 unspecified atom stereocenters. The average Bonchev–Trinajstić information content (AvgIpc) is 3.15. The molecule has 128 valence electrons. The number of likely N-dealkylation sites (tertiary alicyclic amines) is 1. The van der Waals surface area contributed by atoms with Crippen molar-refractivity contribution in [1.29, 1.82) is 0 Å². The molecule has 4 rings (SSSR count). The summed E-state index contributed by atoms with van der Waals surface area (Å²) >= 11 is 0. The van der Waals surface area contributed by atoms with Gasteiger partial charge in [-0.25, -0.2) is 9.97 Å². The Labute approximate surface area is 142 Å². The summed E-state index contributed by atoms with van der Waals surface area (Å²) in [5.41, 5.74) is 1.23. The maximum atomic E-state index is 6.26. The Kier molecular flexibility index (Phi) is 4.20. The Bertz CT molecular complexity index is 675. The Morgan fingerprint density at radius 1 is 1.38 bits per heavy atom. The summed E-state index contributed by atoms with van der Waals surface area (Å²) in [6, 6.07) is 2.11. The van der Waals surface area contributed by atoms with Gasteiger partial charge in [0.1, 0.15) is 0 Å². The topological polar surface area (TPSA) is 68.1 Å². The highest BCUT2D eigenvalue weighted by Crippen LogP contribution is 2.35. The molecule has 2 aromatic rings. The van der Waals surface area contributed by atoms with Crippen molar-refractivity contribution < 1.29 is 4.74 Å². The monoisotopic (exact) mass is 328 g/mol. The number of hydrogen-bond acceptors (Lipinski definition) is 6. The highest BCUT2D eigenvalue weighted by atomic mass is 16.5. The molecule has 4 heterocycles. The molecule has 2 aliphatic heterocycles. The number of hydrogen-bond donors (Lipinski definition) is 1. The molecule has 2 aromatic heterocycles. The number of aromatic nitrogens is 4. The molecular formula is C17H24N6O. The van der Waals surface area contributed by atoms with Crippen LogP contribution in [0.1, 0.15) is 24.8 Å². The molecule has 7 nitrogen and oxygen atoms in total. The van der Waals surface area contributed by atoms with Gasteiger partial charge >= 0.3 is 0 Å².